The molecule has 0 saturated heterocycles. The smallest absolute Gasteiger partial charge is 0.354 e. The van der Waals surface area contributed by atoms with Gasteiger partial charge in [0.25, 0.3) is 0 Å². The van der Waals surface area contributed by atoms with E-state index >= 15 is 0 Å². The molecule has 0 aromatic carbocycles. The Morgan fingerprint density at radius 2 is 1.15 bits per heavy atom. The fraction of sp³-hybridized carbons (Fsp3) is 0.400. The number of aromatic carboxylic acids is 2. The largest absolute Gasteiger partial charge is 0.477 e. The van der Waals surface area contributed by atoms with Crippen LogP contribution in [0.2, 0.25) is 0 Å². The number of aryl methyl sites for hydroxylation is 2. The molecule has 27 heavy (non-hydrogen) atoms. The van der Waals surface area contributed by atoms with Gasteiger partial charge >= 0.3 is 11.9 Å². The van der Waals surface area contributed by atoms with E-state index in [4.69, 9.17) is 10.2 Å². The zero-order valence-corrected chi connectivity index (χ0v) is 20.1. The topological polar surface area (TPSA) is 100 Å². The molecular formula is C20H26CdN2O4. The van der Waals surface area contributed by atoms with Gasteiger partial charge in [-0.1, -0.05) is 38.8 Å². The molecule has 0 fully saturated rings. The number of carboxylic acids is 2. The van der Waals surface area contributed by atoms with Crippen LogP contribution in [0.3, 0.4) is 0 Å². The molecule has 0 amide bonds. The second kappa shape index (κ2) is 14.2. The first-order chi connectivity index (χ1) is 12.5. The third kappa shape index (κ3) is 10.2. The average Bonchev–Trinajstić information content (AvgIpc) is 2.66. The zero-order valence-electron chi connectivity index (χ0n) is 16.0. The first-order valence-corrected chi connectivity index (χ1v) is 8.84. The Morgan fingerprint density at radius 3 is 1.37 bits per heavy atom. The van der Waals surface area contributed by atoms with Crippen molar-refractivity contribution in [1.82, 2.24) is 9.97 Å². The summed E-state index contributed by atoms with van der Waals surface area (Å²) >= 11 is 0. The summed E-state index contributed by atoms with van der Waals surface area (Å²) in [4.78, 5) is 28.6. The van der Waals surface area contributed by atoms with Crippen LogP contribution in [0.25, 0.3) is 0 Å². The molecule has 2 aromatic heterocycles. The van der Waals surface area contributed by atoms with Crippen molar-refractivity contribution in [2.24, 2.45) is 0 Å². The Balaban J connectivity index is 0.000000483. The quantitative estimate of drug-likeness (QED) is 0.560. The van der Waals surface area contributed by atoms with E-state index in [2.05, 4.69) is 23.8 Å². The third-order valence-corrected chi connectivity index (χ3v) is 3.73. The van der Waals surface area contributed by atoms with Gasteiger partial charge in [0.15, 0.2) is 0 Å². The number of unbranched alkanes of at least 4 members (excludes halogenated alkanes) is 2. The summed E-state index contributed by atoms with van der Waals surface area (Å²) in [6.45, 7) is 4.25. The standard InChI is InChI=1S/2C10H13NO2.Cd/c2*1-2-3-4-8-5-6-9(10(12)13)11-7-8;/h2*5-7H,2-4H2,1H3,(H,12,13);. The van der Waals surface area contributed by atoms with Crippen molar-refractivity contribution in [3.8, 4) is 0 Å². The fourth-order valence-corrected chi connectivity index (χ4v) is 2.16. The molecule has 0 saturated carbocycles. The minimum atomic E-state index is -0.970. The minimum Gasteiger partial charge on any atom is -0.477 e. The van der Waals surface area contributed by atoms with Gasteiger partial charge in [-0.05, 0) is 48.9 Å². The predicted molar refractivity (Wildman–Crippen MR) is 99.6 cm³/mol. The van der Waals surface area contributed by atoms with Crippen LogP contribution in [0.15, 0.2) is 36.7 Å². The number of carboxylic acid groups (broad SMARTS) is 2. The van der Waals surface area contributed by atoms with Gasteiger partial charge < -0.3 is 10.2 Å². The number of aromatic nitrogens is 2. The first kappa shape index (κ1) is 25.2. The Morgan fingerprint density at radius 1 is 0.778 bits per heavy atom. The molecule has 6 nitrogen and oxygen atoms in total. The summed E-state index contributed by atoms with van der Waals surface area (Å²) < 4.78 is 0. The molecule has 0 aliphatic rings. The molecular weight excluding hydrogens is 445 g/mol. The Hall–Kier alpha value is -1.84. The number of rotatable bonds is 8. The minimum absolute atomic E-state index is 0. The summed E-state index contributed by atoms with van der Waals surface area (Å²) in [7, 11) is 0. The van der Waals surface area contributed by atoms with E-state index in [1.165, 1.54) is 0 Å². The van der Waals surface area contributed by atoms with Gasteiger partial charge in [0.1, 0.15) is 11.4 Å². The van der Waals surface area contributed by atoms with E-state index in [-0.39, 0.29) is 38.7 Å². The Kier molecular flexibility index (Phi) is 13.3. The molecule has 0 radical (unpaired) electrons. The summed E-state index contributed by atoms with van der Waals surface area (Å²) in [5.41, 5.74) is 2.43. The molecule has 2 heterocycles. The zero-order chi connectivity index (χ0) is 19.4. The molecule has 0 bridgehead atoms. The van der Waals surface area contributed by atoms with Gasteiger partial charge in [-0.15, -0.1) is 0 Å². The predicted octanol–water partition coefficient (Wildman–Crippen LogP) is 4.24. The summed E-state index contributed by atoms with van der Waals surface area (Å²) in [6, 6.07) is 6.75. The number of pyridine rings is 2. The van der Waals surface area contributed by atoms with E-state index in [1.54, 1.807) is 24.5 Å². The van der Waals surface area contributed by atoms with Crippen LogP contribution in [-0.2, 0) is 40.1 Å². The second-order valence-corrected chi connectivity index (χ2v) is 5.92. The van der Waals surface area contributed by atoms with Crippen LogP contribution in [0.1, 0.15) is 71.6 Å². The van der Waals surface area contributed by atoms with Crippen LogP contribution < -0.4 is 0 Å². The van der Waals surface area contributed by atoms with Gasteiger partial charge in [0.05, 0.1) is 0 Å². The van der Waals surface area contributed by atoms with Crippen LogP contribution in [-0.4, -0.2) is 32.1 Å². The molecule has 0 unspecified atom stereocenters. The van der Waals surface area contributed by atoms with Crippen molar-refractivity contribution in [2.45, 2.75) is 52.4 Å². The average molecular weight is 471 g/mol. The monoisotopic (exact) mass is 472 g/mol. The summed E-state index contributed by atoms with van der Waals surface area (Å²) in [5, 5.41) is 17.2. The Labute approximate surface area is 180 Å². The molecule has 0 aliphatic heterocycles. The summed E-state index contributed by atoms with van der Waals surface area (Å²) in [5.74, 6) is -1.94. The van der Waals surface area contributed by atoms with Crippen molar-refractivity contribution in [1.29, 1.82) is 0 Å². The van der Waals surface area contributed by atoms with E-state index in [9.17, 15) is 9.59 Å². The fourth-order valence-electron chi connectivity index (χ4n) is 2.16. The summed E-state index contributed by atoms with van der Waals surface area (Å²) in [6.07, 6.45) is 9.74. The van der Waals surface area contributed by atoms with Gasteiger partial charge in [-0.3, -0.25) is 0 Å². The van der Waals surface area contributed by atoms with Crippen LogP contribution in [0.5, 0.6) is 0 Å². The maximum Gasteiger partial charge on any atom is 0.354 e. The van der Waals surface area contributed by atoms with Crippen molar-refractivity contribution in [3.05, 3.63) is 59.2 Å². The molecule has 2 N–H and O–H groups in total. The number of nitrogens with zero attached hydrogens (tertiary/aromatic N) is 2. The molecule has 142 valence electrons. The maximum absolute atomic E-state index is 10.5. The number of hydrogen-bond donors (Lipinski definition) is 2. The van der Waals surface area contributed by atoms with E-state index < -0.39 is 11.9 Å². The normalized spacial score (nSPS) is 9.56. The van der Waals surface area contributed by atoms with Crippen LogP contribution in [0.4, 0.5) is 0 Å². The van der Waals surface area contributed by atoms with E-state index in [0.717, 1.165) is 49.7 Å². The van der Waals surface area contributed by atoms with Gasteiger partial charge in [0.2, 0.25) is 0 Å². The SMILES string of the molecule is CCCCc1ccc(C(=O)O)nc1.CCCCc1ccc(C(=O)O)nc1.[Cd]. The van der Waals surface area contributed by atoms with Crippen molar-refractivity contribution in [3.63, 3.8) is 0 Å². The van der Waals surface area contributed by atoms with E-state index in [0.29, 0.717) is 0 Å². The third-order valence-electron chi connectivity index (χ3n) is 3.73. The molecule has 0 spiro atoms. The van der Waals surface area contributed by atoms with Gasteiger partial charge in [-0.2, -0.15) is 0 Å². The molecule has 2 rings (SSSR count). The van der Waals surface area contributed by atoms with Gasteiger partial charge in [-0.25, -0.2) is 19.6 Å². The van der Waals surface area contributed by atoms with Crippen molar-refractivity contribution < 1.29 is 47.1 Å². The number of carbonyl (C=O) groups is 2. The first-order valence-electron chi connectivity index (χ1n) is 8.84. The Bertz CT molecular complexity index is 627. The molecule has 0 aliphatic carbocycles. The molecule has 7 heteroatoms. The van der Waals surface area contributed by atoms with Gasteiger partial charge in [0, 0.05) is 39.7 Å². The van der Waals surface area contributed by atoms with Crippen LogP contribution in [0, 0.1) is 0 Å². The molecule has 0 atom stereocenters. The number of hydrogen-bond acceptors (Lipinski definition) is 4. The maximum atomic E-state index is 10.5. The van der Waals surface area contributed by atoms with Crippen molar-refractivity contribution >= 4 is 11.9 Å². The van der Waals surface area contributed by atoms with Crippen molar-refractivity contribution in [2.75, 3.05) is 0 Å². The molecule has 2 aromatic rings. The second-order valence-electron chi connectivity index (χ2n) is 5.92. The van der Waals surface area contributed by atoms with E-state index in [1.807, 2.05) is 12.1 Å². The van der Waals surface area contributed by atoms with Crippen LogP contribution >= 0.6 is 0 Å².